The van der Waals surface area contributed by atoms with E-state index in [0.29, 0.717) is 35.6 Å². The number of ether oxygens (including phenoxy) is 2. The van der Waals surface area contributed by atoms with Crippen LogP contribution in [0.25, 0.3) is 0 Å². The lowest BCUT2D eigenvalue weighted by molar-refractivity contribution is -0.153. The maximum Gasteiger partial charge on any atom is 0.306 e. The molecule has 0 heterocycles. The van der Waals surface area contributed by atoms with Crippen molar-refractivity contribution in [1.82, 2.24) is 0 Å². The third-order valence-electron chi connectivity index (χ3n) is 4.27. The molecule has 0 radical (unpaired) electrons. The maximum atomic E-state index is 12.2. The third kappa shape index (κ3) is 7.16. The molecule has 0 spiro atoms. The Hall–Kier alpha value is -3.48. The summed E-state index contributed by atoms with van der Waals surface area (Å²) < 4.78 is 10.7. The Bertz CT molecular complexity index is 920. The van der Waals surface area contributed by atoms with Crippen molar-refractivity contribution >= 4 is 29.1 Å². The highest BCUT2D eigenvalue weighted by atomic mass is 16.5. The molecule has 158 valence electrons. The van der Waals surface area contributed by atoms with Crippen LogP contribution in [0.2, 0.25) is 0 Å². The first-order valence-corrected chi connectivity index (χ1v) is 9.61. The molecule has 0 aromatic heterocycles. The van der Waals surface area contributed by atoms with Crippen molar-refractivity contribution in [2.24, 2.45) is 0 Å². The van der Waals surface area contributed by atoms with Crippen molar-refractivity contribution in [2.75, 3.05) is 11.9 Å². The minimum atomic E-state index is -0.974. The van der Waals surface area contributed by atoms with Gasteiger partial charge >= 0.3 is 5.97 Å². The first kappa shape index (κ1) is 22.8. The van der Waals surface area contributed by atoms with Gasteiger partial charge in [-0.25, -0.2) is 0 Å². The second kappa shape index (κ2) is 10.9. The van der Waals surface area contributed by atoms with Crippen molar-refractivity contribution in [3.8, 4) is 5.75 Å². The number of anilines is 1. The zero-order chi connectivity index (χ0) is 22.1. The molecule has 0 bridgehead atoms. The Morgan fingerprint density at radius 2 is 1.60 bits per heavy atom. The number of benzene rings is 2. The van der Waals surface area contributed by atoms with Gasteiger partial charge in [0.25, 0.3) is 5.91 Å². The molecule has 2 rings (SSSR count). The number of Topliss-reactive ketones (excluding diaryl/α,β-unsaturated/α-hetero) is 2. The SMILES string of the molecule is CC(=O)c1ccc(OCCCC(=O)O[C@@H](C)C(=O)Nc2cccc(C(C)=O)c2)cc1. The van der Waals surface area contributed by atoms with E-state index in [4.69, 9.17) is 9.47 Å². The van der Waals surface area contributed by atoms with Gasteiger partial charge in [0.15, 0.2) is 17.7 Å². The second-order valence-electron chi connectivity index (χ2n) is 6.79. The van der Waals surface area contributed by atoms with E-state index in [-0.39, 0.29) is 18.0 Å². The largest absolute Gasteiger partial charge is 0.494 e. The highest BCUT2D eigenvalue weighted by Gasteiger charge is 2.18. The van der Waals surface area contributed by atoms with Gasteiger partial charge in [0.1, 0.15) is 5.75 Å². The number of hydrogen-bond acceptors (Lipinski definition) is 6. The van der Waals surface area contributed by atoms with Gasteiger partial charge in [-0.15, -0.1) is 0 Å². The summed E-state index contributed by atoms with van der Waals surface area (Å²) in [6, 6.07) is 13.3. The fourth-order valence-corrected chi connectivity index (χ4v) is 2.56. The summed E-state index contributed by atoms with van der Waals surface area (Å²) in [7, 11) is 0. The van der Waals surface area contributed by atoms with Crippen LogP contribution in [0.3, 0.4) is 0 Å². The molecule has 0 aliphatic rings. The van der Waals surface area contributed by atoms with Crippen molar-refractivity contribution in [3.63, 3.8) is 0 Å². The van der Waals surface area contributed by atoms with Crippen LogP contribution in [0.5, 0.6) is 5.75 Å². The Morgan fingerprint density at radius 1 is 0.933 bits per heavy atom. The van der Waals surface area contributed by atoms with Gasteiger partial charge in [0, 0.05) is 23.2 Å². The molecule has 0 fully saturated rings. The monoisotopic (exact) mass is 411 g/mol. The number of amides is 1. The number of nitrogens with one attached hydrogen (secondary N) is 1. The number of rotatable bonds is 10. The quantitative estimate of drug-likeness (QED) is 0.362. The fraction of sp³-hybridized carbons (Fsp3) is 0.304. The van der Waals surface area contributed by atoms with Gasteiger partial charge in [-0.3, -0.25) is 19.2 Å². The van der Waals surface area contributed by atoms with E-state index in [1.54, 1.807) is 48.5 Å². The van der Waals surface area contributed by atoms with Crippen LogP contribution in [-0.2, 0) is 14.3 Å². The maximum absolute atomic E-state index is 12.2. The number of hydrogen-bond donors (Lipinski definition) is 1. The molecule has 1 atom stereocenters. The Balaban J connectivity index is 1.72. The molecule has 2 aromatic rings. The van der Waals surface area contributed by atoms with Gasteiger partial charge in [0.2, 0.25) is 0 Å². The molecule has 0 aliphatic heterocycles. The van der Waals surface area contributed by atoms with Crippen molar-refractivity contribution < 1.29 is 28.7 Å². The van der Waals surface area contributed by atoms with E-state index in [0.717, 1.165) is 0 Å². The average Bonchev–Trinajstić information content (AvgIpc) is 2.71. The number of ketones is 2. The third-order valence-corrected chi connectivity index (χ3v) is 4.27. The van der Waals surface area contributed by atoms with E-state index in [9.17, 15) is 19.2 Å². The van der Waals surface area contributed by atoms with Gasteiger partial charge in [-0.05, 0) is 63.6 Å². The molecule has 30 heavy (non-hydrogen) atoms. The molecular weight excluding hydrogens is 386 g/mol. The van der Waals surface area contributed by atoms with Gasteiger partial charge < -0.3 is 14.8 Å². The van der Waals surface area contributed by atoms with E-state index >= 15 is 0 Å². The minimum Gasteiger partial charge on any atom is -0.494 e. The van der Waals surface area contributed by atoms with Crippen LogP contribution in [0.1, 0.15) is 54.3 Å². The van der Waals surface area contributed by atoms with Gasteiger partial charge in [0.05, 0.1) is 6.61 Å². The summed E-state index contributed by atoms with van der Waals surface area (Å²) in [5, 5.41) is 2.63. The molecule has 7 heteroatoms. The van der Waals surface area contributed by atoms with Crippen LogP contribution in [0.4, 0.5) is 5.69 Å². The lowest BCUT2D eigenvalue weighted by atomic mass is 10.1. The molecule has 0 aliphatic carbocycles. The van der Waals surface area contributed by atoms with E-state index in [1.165, 1.54) is 20.8 Å². The highest BCUT2D eigenvalue weighted by Crippen LogP contribution is 2.14. The van der Waals surface area contributed by atoms with Crippen molar-refractivity contribution in [2.45, 2.75) is 39.7 Å². The molecular formula is C23H25NO6. The zero-order valence-corrected chi connectivity index (χ0v) is 17.3. The fourth-order valence-electron chi connectivity index (χ4n) is 2.56. The topological polar surface area (TPSA) is 98.8 Å². The molecule has 1 amide bonds. The zero-order valence-electron chi connectivity index (χ0n) is 17.3. The predicted molar refractivity (Wildman–Crippen MR) is 112 cm³/mol. The normalized spacial score (nSPS) is 11.3. The van der Waals surface area contributed by atoms with Gasteiger partial charge in [-0.1, -0.05) is 12.1 Å². The summed E-state index contributed by atoms with van der Waals surface area (Å²) in [5.41, 5.74) is 1.54. The molecule has 7 nitrogen and oxygen atoms in total. The van der Waals surface area contributed by atoms with Crippen LogP contribution < -0.4 is 10.1 Å². The molecule has 1 N–H and O–H groups in total. The first-order chi connectivity index (χ1) is 14.3. The Kier molecular flexibility index (Phi) is 8.29. The number of carbonyl (C=O) groups is 4. The summed E-state index contributed by atoms with van der Waals surface area (Å²) in [5.74, 6) is -0.512. The van der Waals surface area contributed by atoms with E-state index in [2.05, 4.69) is 5.32 Å². The summed E-state index contributed by atoms with van der Waals surface area (Å²) in [6.45, 7) is 4.71. The average molecular weight is 411 g/mol. The summed E-state index contributed by atoms with van der Waals surface area (Å²) in [4.78, 5) is 46.8. The van der Waals surface area contributed by atoms with Crippen LogP contribution in [-0.4, -0.2) is 36.2 Å². The van der Waals surface area contributed by atoms with Crippen LogP contribution in [0.15, 0.2) is 48.5 Å². The molecule has 0 unspecified atom stereocenters. The number of carbonyl (C=O) groups excluding carboxylic acids is 4. The lowest BCUT2D eigenvalue weighted by Crippen LogP contribution is -2.30. The minimum absolute atomic E-state index is 0.0194. The van der Waals surface area contributed by atoms with E-state index in [1.807, 2.05) is 0 Å². The lowest BCUT2D eigenvalue weighted by Gasteiger charge is -2.14. The highest BCUT2D eigenvalue weighted by molar-refractivity contribution is 5.98. The van der Waals surface area contributed by atoms with Crippen LogP contribution >= 0.6 is 0 Å². The molecule has 2 aromatic carbocycles. The van der Waals surface area contributed by atoms with Crippen molar-refractivity contribution in [3.05, 3.63) is 59.7 Å². The Labute approximate surface area is 175 Å². The number of esters is 1. The first-order valence-electron chi connectivity index (χ1n) is 9.61. The summed E-state index contributed by atoms with van der Waals surface area (Å²) >= 11 is 0. The van der Waals surface area contributed by atoms with E-state index < -0.39 is 18.0 Å². The predicted octanol–water partition coefficient (Wildman–Crippen LogP) is 3.82. The van der Waals surface area contributed by atoms with Crippen molar-refractivity contribution in [1.29, 1.82) is 0 Å². The second-order valence-corrected chi connectivity index (χ2v) is 6.79. The standard InChI is InChI=1S/C23H25NO6/c1-15(25)18-9-11-21(12-10-18)29-13-5-8-22(27)30-17(3)23(28)24-20-7-4-6-19(14-20)16(2)26/h4,6-7,9-12,14,17H,5,8,13H2,1-3H3,(H,24,28)/t17-/m0/s1. The molecule has 0 saturated carbocycles. The smallest absolute Gasteiger partial charge is 0.306 e. The summed E-state index contributed by atoms with van der Waals surface area (Å²) in [6.07, 6.45) is -0.454. The molecule has 0 saturated heterocycles. The Morgan fingerprint density at radius 3 is 2.23 bits per heavy atom. The van der Waals surface area contributed by atoms with Crippen LogP contribution in [0, 0.1) is 0 Å². The van der Waals surface area contributed by atoms with Gasteiger partial charge in [-0.2, -0.15) is 0 Å².